The van der Waals surface area contributed by atoms with Crippen LogP contribution in [-0.2, 0) is 10.5 Å². The summed E-state index contributed by atoms with van der Waals surface area (Å²) in [5, 5.41) is 8.04. The molecule has 32 heavy (non-hydrogen) atoms. The predicted molar refractivity (Wildman–Crippen MR) is 129 cm³/mol. The number of H-pyrrole nitrogens is 1. The van der Waals surface area contributed by atoms with Crippen LogP contribution < -0.4 is 16.4 Å². The molecule has 0 saturated carbocycles. The zero-order valence-corrected chi connectivity index (χ0v) is 18.2. The Kier molecular flexibility index (Phi) is 5.94. The number of nitrogens with two attached hydrogens (primary N) is 1. The van der Waals surface area contributed by atoms with Gasteiger partial charge in [-0.15, -0.1) is 0 Å². The van der Waals surface area contributed by atoms with Gasteiger partial charge in [0.2, 0.25) is 5.79 Å². The van der Waals surface area contributed by atoms with E-state index in [9.17, 15) is 0 Å². The minimum absolute atomic E-state index is 0.837. The summed E-state index contributed by atoms with van der Waals surface area (Å²) in [5.41, 5.74) is 11.0. The highest BCUT2D eigenvalue weighted by Crippen LogP contribution is 2.31. The van der Waals surface area contributed by atoms with E-state index in [1.807, 2.05) is 30.5 Å². The van der Waals surface area contributed by atoms with Crippen molar-refractivity contribution in [2.75, 3.05) is 39.4 Å². The Labute approximate surface area is 188 Å². The fourth-order valence-electron chi connectivity index (χ4n) is 4.34. The lowest BCUT2D eigenvalue weighted by atomic mass is 9.99. The molecule has 0 radical (unpaired) electrons. The maximum Gasteiger partial charge on any atom is 0.210 e. The van der Waals surface area contributed by atoms with Gasteiger partial charge in [-0.2, -0.15) is 0 Å². The lowest BCUT2D eigenvalue weighted by molar-refractivity contribution is 0.0375. The number of aromatic amines is 1. The molecule has 1 unspecified atom stereocenters. The van der Waals surface area contributed by atoms with Crippen LogP contribution in [-0.4, -0.2) is 55.5 Å². The van der Waals surface area contributed by atoms with Crippen molar-refractivity contribution in [1.82, 2.24) is 20.5 Å². The average Bonchev–Trinajstić information content (AvgIpc) is 3.27. The second-order valence-electron chi connectivity index (χ2n) is 8.31. The van der Waals surface area contributed by atoms with Gasteiger partial charge in [-0.3, -0.25) is 10.6 Å². The molecular weight excluding hydrogens is 400 g/mol. The predicted octanol–water partition coefficient (Wildman–Crippen LogP) is 2.73. The molecule has 1 saturated heterocycles. The molecule has 2 aromatic carbocycles. The molecule has 2 aliphatic rings. The van der Waals surface area contributed by atoms with Crippen LogP contribution in [0.1, 0.15) is 12.0 Å². The van der Waals surface area contributed by atoms with Crippen molar-refractivity contribution in [3.63, 3.8) is 0 Å². The van der Waals surface area contributed by atoms with E-state index in [0.717, 1.165) is 73.8 Å². The first-order chi connectivity index (χ1) is 15.7. The highest BCUT2D eigenvalue weighted by Gasteiger charge is 2.29. The standard InChI is InChI=1S/C25H30N6O/c26-25(29-11-9-24(30-25)27-10-4-12-31-13-15-32-16-14-31)20-6-3-5-19(17-20)22-18-28-23-8-2-1-7-21(22)23/h1-3,5-9,11,17-18,27-28,30H,4,10,12-16,26H2. The molecule has 1 atom stereocenters. The number of ether oxygens (including phenoxy) is 1. The van der Waals surface area contributed by atoms with Gasteiger partial charge in [0.25, 0.3) is 0 Å². The van der Waals surface area contributed by atoms with Gasteiger partial charge < -0.3 is 20.4 Å². The van der Waals surface area contributed by atoms with Gasteiger partial charge in [0.15, 0.2) is 0 Å². The van der Waals surface area contributed by atoms with E-state index in [0.29, 0.717) is 0 Å². The molecule has 3 aromatic rings. The van der Waals surface area contributed by atoms with Crippen LogP contribution in [0.15, 0.2) is 71.6 Å². The zero-order valence-electron chi connectivity index (χ0n) is 18.2. The molecule has 5 N–H and O–H groups in total. The normalized spacial score (nSPS) is 21.3. The quantitative estimate of drug-likeness (QED) is 0.433. The number of allylic oxidation sites excluding steroid dienone is 1. The summed E-state index contributed by atoms with van der Waals surface area (Å²) in [5.74, 6) is -0.120. The van der Waals surface area contributed by atoms with E-state index in [1.54, 1.807) is 6.21 Å². The van der Waals surface area contributed by atoms with Crippen molar-refractivity contribution in [3.05, 3.63) is 72.2 Å². The Balaban J connectivity index is 1.25. The smallest absolute Gasteiger partial charge is 0.210 e. The first-order valence-corrected chi connectivity index (χ1v) is 11.2. The van der Waals surface area contributed by atoms with Gasteiger partial charge >= 0.3 is 0 Å². The Morgan fingerprint density at radius 1 is 1.12 bits per heavy atom. The molecule has 7 heteroatoms. The second-order valence-corrected chi connectivity index (χ2v) is 8.31. The summed E-state index contributed by atoms with van der Waals surface area (Å²) >= 11 is 0. The van der Waals surface area contributed by atoms with Crippen LogP contribution >= 0.6 is 0 Å². The molecular formula is C25H30N6O. The maximum atomic E-state index is 6.71. The number of nitrogens with zero attached hydrogens (tertiary/aromatic N) is 2. The van der Waals surface area contributed by atoms with Crippen molar-refractivity contribution in [2.24, 2.45) is 10.7 Å². The molecule has 0 bridgehead atoms. The number of hydrogen-bond acceptors (Lipinski definition) is 6. The van der Waals surface area contributed by atoms with Crippen LogP contribution in [0, 0.1) is 0 Å². The molecule has 166 valence electrons. The van der Waals surface area contributed by atoms with E-state index < -0.39 is 5.79 Å². The van der Waals surface area contributed by atoms with Crippen molar-refractivity contribution in [1.29, 1.82) is 0 Å². The molecule has 1 aromatic heterocycles. The third-order valence-corrected chi connectivity index (χ3v) is 6.12. The molecule has 1 fully saturated rings. The molecule has 7 nitrogen and oxygen atoms in total. The highest BCUT2D eigenvalue weighted by atomic mass is 16.5. The summed E-state index contributed by atoms with van der Waals surface area (Å²) in [6.45, 7) is 5.65. The zero-order chi connectivity index (χ0) is 21.8. The lowest BCUT2D eigenvalue weighted by Gasteiger charge is -2.32. The third-order valence-electron chi connectivity index (χ3n) is 6.12. The van der Waals surface area contributed by atoms with Crippen LogP contribution in [0.5, 0.6) is 0 Å². The van der Waals surface area contributed by atoms with E-state index in [1.165, 1.54) is 5.39 Å². The van der Waals surface area contributed by atoms with Gasteiger partial charge in [-0.1, -0.05) is 36.4 Å². The Morgan fingerprint density at radius 3 is 2.91 bits per heavy atom. The van der Waals surface area contributed by atoms with Crippen LogP contribution in [0.4, 0.5) is 0 Å². The summed E-state index contributed by atoms with van der Waals surface area (Å²) in [7, 11) is 0. The number of rotatable bonds is 7. The van der Waals surface area contributed by atoms with Crippen LogP contribution in [0.25, 0.3) is 22.0 Å². The third kappa shape index (κ3) is 4.41. The van der Waals surface area contributed by atoms with E-state index in [2.05, 4.69) is 55.8 Å². The number of aliphatic imine (C=N–C) groups is 1. The van der Waals surface area contributed by atoms with Crippen molar-refractivity contribution < 1.29 is 4.74 Å². The van der Waals surface area contributed by atoms with Gasteiger partial charge in [0.05, 0.1) is 13.2 Å². The van der Waals surface area contributed by atoms with Gasteiger partial charge in [0, 0.05) is 54.1 Å². The summed E-state index contributed by atoms with van der Waals surface area (Å²) in [6.07, 6.45) is 6.82. The van der Waals surface area contributed by atoms with Gasteiger partial charge in [0.1, 0.15) is 5.82 Å². The van der Waals surface area contributed by atoms with E-state index >= 15 is 0 Å². The Bertz CT molecular complexity index is 1130. The van der Waals surface area contributed by atoms with Crippen molar-refractivity contribution >= 4 is 17.1 Å². The monoisotopic (exact) mass is 430 g/mol. The molecule has 0 amide bonds. The fraction of sp³-hybridized carbons (Fsp3) is 0.320. The van der Waals surface area contributed by atoms with Crippen LogP contribution in [0.2, 0.25) is 0 Å². The summed E-state index contributed by atoms with van der Waals surface area (Å²) < 4.78 is 5.41. The molecule has 0 aliphatic carbocycles. The van der Waals surface area contributed by atoms with Crippen LogP contribution in [0.3, 0.4) is 0 Å². The average molecular weight is 431 g/mol. The topological polar surface area (TPSA) is 90.7 Å². The highest BCUT2D eigenvalue weighted by molar-refractivity contribution is 5.95. The number of para-hydroxylation sites is 1. The van der Waals surface area contributed by atoms with E-state index in [-0.39, 0.29) is 0 Å². The summed E-state index contributed by atoms with van der Waals surface area (Å²) in [4.78, 5) is 10.4. The first kappa shape index (κ1) is 20.8. The van der Waals surface area contributed by atoms with Crippen molar-refractivity contribution in [3.8, 4) is 11.1 Å². The number of benzene rings is 2. The second kappa shape index (κ2) is 9.16. The first-order valence-electron chi connectivity index (χ1n) is 11.2. The van der Waals surface area contributed by atoms with Gasteiger partial charge in [-0.05, 0) is 36.7 Å². The van der Waals surface area contributed by atoms with Crippen molar-refractivity contribution in [2.45, 2.75) is 12.2 Å². The SMILES string of the molecule is NC1(c2cccc(-c3c[nH]c4ccccc34)c2)N=CC=C(NCCCN2CCOCC2)N1. The molecule has 3 heterocycles. The Hall–Kier alpha value is -3.13. The maximum absolute atomic E-state index is 6.71. The minimum Gasteiger partial charge on any atom is -0.379 e. The number of nitrogens with one attached hydrogen (secondary N) is 3. The molecule has 5 rings (SSSR count). The number of fused-ring (bicyclic) bond motifs is 1. The Morgan fingerprint density at radius 2 is 2.00 bits per heavy atom. The number of hydrogen-bond donors (Lipinski definition) is 4. The molecule has 2 aliphatic heterocycles. The minimum atomic E-state index is -1.01. The number of morpholine rings is 1. The molecule has 0 spiro atoms. The van der Waals surface area contributed by atoms with E-state index in [4.69, 9.17) is 10.5 Å². The largest absolute Gasteiger partial charge is 0.379 e. The lowest BCUT2D eigenvalue weighted by Crippen LogP contribution is -2.52. The fourth-order valence-corrected chi connectivity index (χ4v) is 4.34. The summed E-state index contributed by atoms with van der Waals surface area (Å²) in [6, 6.07) is 16.6. The van der Waals surface area contributed by atoms with Gasteiger partial charge in [-0.25, -0.2) is 4.99 Å². The number of aromatic nitrogens is 1.